The Kier molecular flexibility index (Phi) is 2.27. The Balaban J connectivity index is 3.27. The summed E-state index contributed by atoms with van der Waals surface area (Å²) in [6.45, 7) is 5.35. The molecule has 0 fully saturated rings. The molecule has 0 aromatic rings. The van der Waals surface area contributed by atoms with Crippen LogP contribution in [0.1, 0.15) is 27.2 Å². The minimum atomic E-state index is -0.946. The van der Waals surface area contributed by atoms with Crippen molar-refractivity contribution in [2.45, 2.75) is 32.7 Å². The summed E-state index contributed by atoms with van der Waals surface area (Å²) in [6.07, 6.45) is 0.382. The molecule has 2 N–H and O–H groups in total. The van der Waals surface area contributed by atoms with Crippen molar-refractivity contribution in [1.29, 1.82) is 5.26 Å². The molecule has 3 nitrogen and oxygen atoms in total. The number of nitrogens with zero attached hydrogens (tertiary/aromatic N) is 1. The molecule has 0 heterocycles. The van der Waals surface area contributed by atoms with E-state index in [4.69, 9.17) is 11.0 Å². The molecule has 0 saturated carbocycles. The van der Waals surface area contributed by atoms with Gasteiger partial charge in [0.1, 0.15) is 5.54 Å². The van der Waals surface area contributed by atoms with Crippen molar-refractivity contribution in [2.24, 2.45) is 11.7 Å². The van der Waals surface area contributed by atoms with Gasteiger partial charge in [-0.05, 0) is 30.9 Å². The number of ketones is 1. The van der Waals surface area contributed by atoms with Gasteiger partial charge in [-0.15, -0.1) is 0 Å². The van der Waals surface area contributed by atoms with Crippen LogP contribution in [0.15, 0.2) is 11.1 Å². The van der Waals surface area contributed by atoms with Crippen molar-refractivity contribution < 1.29 is 4.79 Å². The van der Waals surface area contributed by atoms with Gasteiger partial charge in [0.15, 0.2) is 5.78 Å². The highest BCUT2D eigenvalue weighted by Gasteiger charge is 2.40. The molecule has 0 aromatic heterocycles. The number of Topliss-reactive ketones (excluding diaryl/α,β-unsaturated/α-hetero) is 1. The fourth-order valence-electron chi connectivity index (χ4n) is 1.68. The van der Waals surface area contributed by atoms with Gasteiger partial charge in [-0.2, -0.15) is 5.26 Å². The van der Waals surface area contributed by atoms with E-state index in [1.54, 1.807) is 13.8 Å². The van der Waals surface area contributed by atoms with Gasteiger partial charge < -0.3 is 5.73 Å². The predicted molar refractivity (Wildman–Crippen MR) is 49.7 cm³/mol. The Bertz CT molecular complexity index is 324. The molecule has 70 valence electrons. The summed E-state index contributed by atoms with van der Waals surface area (Å²) in [6, 6.07) is 2.10. The van der Waals surface area contributed by atoms with Crippen LogP contribution in [0.25, 0.3) is 0 Å². The van der Waals surface area contributed by atoms with Gasteiger partial charge in [0, 0.05) is 6.42 Å². The Morgan fingerprint density at radius 2 is 2.15 bits per heavy atom. The lowest BCUT2D eigenvalue weighted by Gasteiger charge is -2.34. The second kappa shape index (κ2) is 2.97. The Morgan fingerprint density at radius 3 is 2.62 bits per heavy atom. The lowest BCUT2D eigenvalue weighted by Crippen LogP contribution is -2.49. The molecule has 0 saturated heterocycles. The minimum Gasteiger partial charge on any atom is -0.310 e. The number of carbonyl (C=O) groups is 1. The Morgan fingerprint density at radius 1 is 1.62 bits per heavy atom. The molecular weight excluding hydrogens is 164 g/mol. The summed E-state index contributed by atoms with van der Waals surface area (Å²) < 4.78 is 0. The Hall–Kier alpha value is -1.14. The summed E-state index contributed by atoms with van der Waals surface area (Å²) in [5.74, 6) is 0.0232. The summed E-state index contributed by atoms with van der Waals surface area (Å²) in [5.41, 5.74) is 6.36. The second-order valence-corrected chi connectivity index (χ2v) is 3.76. The molecule has 1 rings (SSSR count). The zero-order chi connectivity index (χ0) is 10.2. The lowest BCUT2D eigenvalue weighted by atomic mass is 9.71. The Labute approximate surface area is 78.2 Å². The van der Waals surface area contributed by atoms with Crippen molar-refractivity contribution in [3.63, 3.8) is 0 Å². The summed E-state index contributed by atoms with van der Waals surface area (Å²) in [5, 5.41) is 8.97. The van der Waals surface area contributed by atoms with Crippen molar-refractivity contribution in [3.8, 4) is 6.07 Å². The SMILES string of the molecule is CC1=C(C)C(N)(C#N)C(C)CC1=O. The van der Waals surface area contributed by atoms with E-state index in [2.05, 4.69) is 6.07 Å². The highest BCUT2D eigenvalue weighted by atomic mass is 16.1. The van der Waals surface area contributed by atoms with Crippen LogP contribution in [-0.2, 0) is 4.79 Å². The number of carbonyl (C=O) groups excluding carboxylic acids is 1. The number of allylic oxidation sites excluding steroid dienone is 1. The fraction of sp³-hybridized carbons (Fsp3) is 0.600. The fourth-order valence-corrected chi connectivity index (χ4v) is 1.68. The number of nitriles is 1. The quantitative estimate of drug-likeness (QED) is 0.605. The summed E-state index contributed by atoms with van der Waals surface area (Å²) in [4.78, 5) is 11.4. The van der Waals surface area contributed by atoms with Crippen molar-refractivity contribution in [3.05, 3.63) is 11.1 Å². The highest BCUT2D eigenvalue weighted by Crippen LogP contribution is 2.33. The van der Waals surface area contributed by atoms with Crippen LogP contribution in [0.3, 0.4) is 0 Å². The first-order chi connectivity index (χ1) is 5.93. The molecule has 0 radical (unpaired) electrons. The van der Waals surface area contributed by atoms with Crippen LogP contribution < -0.4 is 5.73 Å². The molecule has 13 heavy (non-hydrogen) atoms. The standard InChI is InChI=1S/C10H14N2O/c1-6-4-9(13)7(2)8(3)10(6,12)5-11/h6H,4,12H2,1-3H3. The minimum absolute atomic E-state index is 0.0892. The van der Waals surface area contributed by atoms with Crippen LogP contribution >= 0.6 is 0 Å². The average molecular weight is 178 g/mol. The average Bonchev–Trinajstić information content (AvgIpc) is 2.11. The number of hydrogen-bond acceptors (Lipinski definition) is 3. The van der Waals surface area contributed by atoms with Crippen LogP contribution in [0.4, 0.5) is 0 Å². The first kappa shape index (κ1) is 9.94. The van der Waals surface area contributed by atoms with Gasteiger partial charge in [-0.25, -0.2) is 0 Å². The molecule has 1 aliphatic rings. The molecule has 3 heteroatoms. The van der Waals surface area contributed by atoms with Crippen molar-refractivity contribution >= 4 is 5.78 Å². The number of rotatable bonds is 0. The third kappa shape index (κ3) is 1.27. The predicted octanol–water partition coefficient (Wildman–Crippen LogP) is 1.15. The zero-order valence-corrected chi connectivity index (χ0v) is 8.22. The summed E-state index contributed by atoms with van der Waals surface area (Å²) in [7, 11) is 0. The maximum absolute atomic E-state index is 11.4. The zero-order valence-electron chi connectivity index (χ0n) is 8.22. The highest BCUT2D eigenvalue weighted by molar-refractivity contribution is 5.97. The monoisotopic (exact) mass is 178 g/mol. The molecule has 1 aliphatic carbocycles. The van der Waals surface area contributed by atoms with Crippen LogP contribution in [-0.4, -0.2) is 11.3 Å². The largest absolute Gasteiger partial charge is 0.310 e. The molecular formula is C10H14N2O. The molecule has 0 spiro atoms. The van der Waals surface area contributed by atoms with Crippen LogP contribution in [0, 0.1) is 17.2 Å². The smallest absolute Gasteiger partial charge is 0.159 e. The van der Waals surface area contributed by atoms with E-state index in [1.165, 1.54) is 0 Å². The molecule has 0 aliphatic heterocycles. The molecule has 2 atom stereocenters. The lowest BCUT2D eigenvalue weighted by molar-refractivity contribution is -0.117. The number of nitrogens with two attached hydrogens (primary N) is 1. The normalized spacial score (nSPS) is 34.7. The third-order valence-corrected chi connectivity index (χ3v) is 3.06. The van der Waals surface area contributed by atoms with Gasteiger partial charge in [0.2, 0.25) is 0 Å². The van der Waals surface area contributed by atoms with Crippen LogP contribution in [0.5, 0.6) is 0 Å². The van der Waals surface area contributed by atoms with E-state index < -0.39 is 5.54 Å². The van der Waals surface area contributed by atoms with Crippen molar-refractivity contribution in [1.82, 2.24) is 0 Å². The molecule has 0 bridgehead atoms. The first-order valence-corrected chi connectivity index (χ1v) is 4.34. The van der Waals surface area contributed by atoms with Crippen molar-refractivity contribution in [2.75, 3.05) is 0 Å². The maximum atomic E-state index is 11.4. The summed E-state index contributed by atoms with van der Waals surface area (Å²) >= 11 is 0. The van der Waals surface area contributed by atoms with E-state index in [9.17, 15) is 4.79 Å². The van der Waals surface area contributed by atoms with Gasteiger partial charge in [-0.3, -0.25) is 4.79 Å². The van der Waals surface area contributed by atoms with E-state index in [0.717, 1.165) is 5.57 Å². The van der Waals surface area contributed by atoms with Gasteiger partial charge in [0.25, 0.3) is 0 Å². The van der Waals surface area contributed by atoms with E-state index in [0.29, 0.717) is 12.0 Å². The molecule has 0 amide bonds. The molecule has 2 unspecified atom stereocenters. The maximum Gasteiger partial charge on any atom is 0.159 e. The van der Waals surface area contributed by atoms with Gasteiger partial charge >= 0.3 is 0 Å². The topological polar surface area (TPSA) is 66.9 Å². The second-order valence-electron chi connectivity index (χ2n) is 3.76. The van der Waals surface area contributed by atoms with Gasteiger partial charge in [-0.1, -0.05) is 6.92 Å². The first-order valence-electron chi connectivity index (χ1n) is 4.34. The third-order valence-electron chi connectivity index (χ3n) is 3.06. The van der Waals surface area contributed by atoms with Crippen LogP contribution in [0.2, 0.25) is 0 Å². The molecule has 0 aromatic carbocycles. The van der Waals surface area contributed by atoms with E-state index >= 15 is 0 Å². The number of hydrogen-bond donors (Lipinski definition) is 1. The van der Waals surface area contributed by atoms with E-state index in [1.807, 2.05) is 6.92 Å². The van der Waals surface area contributed by atoms with E-state index in [-0.39, 0.29) is 11.7 Å². The van der Waals surface area contributed by atoms with Gasteiger partial charge in [0.05, 0.1) is 6.07 Å².